The first-order chi connectivity index (χ1) is 5.66. The Labute approximate surface area is 75.8 Å². The molecule has 0 fully saturated rings. The molecule has 0 amide bonds. The predicted molar refractivity (Wildman–Crippen MR) is 51.6 cm³/mol. The molecule has 1 aromatic heterocycles. The summed E-state index contributed by atoms with van der Waals surface area (Å²) in [4.78, 5) is 1.95. The van der Waals surface area contributed by atoms with Gasteiger partial charge in [0.2, 0.25) is 0 Å². The maximum atomic E-state index is 8.71. The Kier molecular flexibility index (Phi) is 2.88. The number of likely N-dealkylation sites (N-methyl/N-ethyl adjacent to an activating group) is 1. The molecule has 68 valence electrons. The van der Waals surface area contributed by atoms with E-state index in [1.54, 1.807) is 0 Å². The van der Waals surface area contributed by atoms with Gasteiger partial charge in [0, 0.05) is 19.2 Å². The van der Waals surface area contributed by atoms with Crippen molar-refractivity contribution in [3.8, 4) is 0 Å². The molecule has 0 aliphatic heterocycles. The molecule has 0 saturated heterocycles. The Morgan fingerprint density at radius 2 is 2.33 bits per heavy atom. The van der Waals surface area contributed by atoms with Crippen LogP contribution in [-0.4, -0.2) is 29.7 Å². The zero-order valence-corrected chi connectivity index (χ0v) is 8.06. The van der Waals surface area contributed by atoms with E-state index in [-0.39, 0.29) is 6.61 Å². The van der Waals surface area contributed by atoms with Crippen LogP contribution in [0.1, 0.15) is 5.56 Å². The Morgan fingerprint density at radius 3 is 2.75 bits per heavy atom. The van der Waals surface area contributed by atoms with Crippen molar-refractivity contribution in [1.29, 1.82) is 0 Å². The number of aromatic nitrogens is 1. The highest BCUT2D eigenvalue weighted by Gasteiger charge is 2.09. The van der Waals surface area contributed by atoms with Crippen molar-refractivity contribution in [1.82, 2.24) is 4.37 Å². The molecule has 4 nitrogen and oxygen atoms in total. The van der Waals surface area contributed by atoms with E-state index in [1.807, 2.05) is 18.9 Å². The number of nitrogens with zero attached hydrogens (tertiary/aromatic N) is 2. The summed E-state index contributed by atoms with van der Waals surface area (Å²) in [5.41, 5.74) is 6.58. The fourth-order valence-electron chi connectivity index (χ4n) is 0.946. The molecular weight excluding hydrogens is 174 g/mol. The van der Waals surface area contributed by atoms with Crippen LogP contribution in [0.25, 0.3) is 0 Å². The van der Waals surface area contributed by atoms with Gasteiger partial charge in [-0.15, -0.1) is 0 Å². The minimum Gasteiger partial charge on any atom is -0.395 e. The lowest BCUT2D eigenvalue weighted by atomic mass is 10.3. The number of hydrogen-bond acceptors (Lipinski definition) is 5. The second kappa shape index (κ2) is 3.73. The molecule has 0 radical (unpaired) electrons. The lowest BCUT2D eigenvalue weighted by Gasteiger charge is -2.15. The van der Waals surface area contributed by atoms with Gasteiger partial charge in [-0.25, -0.2) is 0 Å². The van der Waals surface area contributed by atoms with Crippen LogP contribution in [0.15, 0.2) is 0 Å². The molecule has 0 atom stereocenters. The van der Waals surface area contributed by atoms with Crippen LogP contribution in [-0.2, 0) is 0 Å². The number of aliphatic hydroxyl groups excluding tert-OH is 1. The van der Waals surface area contributed by atoms with Crippen molar-refractivity contribution in [3.05, 3.63) is 5.56 Å². The molecule has 0 aromatic carbocycles. The molecule has 0 unspecified atom stereocenters. The van der Waals surface area contributed by atoms with E-state index < -0.39 is 0 Å². The first kappa shape index (κ1) is 9.28. The number of hydrogen-bond donors (Lipinski definition) is 2. The molecule has 0 bridgehead atoms. The third kappa shape index (κ3) is 1.67. The second-order valence-electron chi connectivity index (χ2n) is 2.64. The summed E-state index contributed by atoms with van der Waals surface area (Å²) >= 11 is 1.36. The van der Waals surface area contributed by atoms with E-state index in [2.05, 4.69) is 4.37 Å². The Balaban J connectivity index is 2.80. The zero-order chi connectivity index (χ0) is 9.14. The lowest BCUT2D eigenvalue weighted by Crippen LogP contribution is -2.20. The van der Waals surface area contributed by atoms with Gasteiger partial charge in [-0.2, -0.15) is 4.37 Å². The van der Waals surface area contributed by atoms with Crippen LogP contribution in [0, 0.1) is 6.92 Å². The van der Waals surface area contributed by atoms with Crippen LogP contribution >= 0.6 is 11.5 Å². The number of anilines is 2. The maximum absolute atomic E-state index is 8.71. The Bertz CT molecular complexity index is 261. The molecule has 1 aromatic rings. The van der Waals surface area contributed by atoms with E-state index in [4.69, 9.17) is 10.8 Å². The summed E-state index contributed by atoms with van der Waals surface area (Å²) in [6, 6.07) is 0. The van der Waals surface area contributed by atoms with Crippen LogP contribution in [0.4, 0.5) is 10.8 Å². The Hall–Kier alpha value is -0.810. The van der Waals surface area contributed by atoms with E-state index >= 15 is 0 Å². The summed E-state index contributed by atoms with van der Waals surface area (Å²) < 4.78 is 4.02. The molecule has 0 aliphatic carbocycles. The molecular formula is C7H13N3OS. The SMILES string of the molecule is Cc1c(N)nsc1N(C)CCO. The second-order valence-corrected chi connectivity index (χ2v) is 3.39. The molecule has 1 heterocycles. The molecule has 3 N–H and O–H groups in total. The largest absolute Gasteiger partial charge is 0.395 e. The lowest BCUT2D eigenvalue weighted by molar-refractivity contribution is 0.304. The summed E-state index contributed by atoms with van der Waals surface area (Å²) in [6.45, 7) is 2.69. The highest BCUT2D eigenvalue weighted by atomic mass is 32.1. The quantitative estimate of drug-likeness (QED) is 0.721. The van der Waals surface area contributed by atoms with Crippen molar-refractivity contribution in [3.63, 3.8) is 0 Å². The van der Waals surface area contributed by atoms with Crippen LogP contribution in [0.2, 0.25) is 0 Å². The number of aliphatic hydroxyl groups is 1. The average Bonchev–Trinajstić information content (AvgIpc) is 2.34. The number of rotatable bonds is 3. The van der Waals surface area contributed by atoms with Gasteiger partial charge >= 0.3 is 0 Å². The maximum Gasteiger partial charge on any atom is 0.142 e. The highest BCUT2D eigenvalue weighted by molar-refractivity contribution is 7.10. The molecule has 5 heteroatoms. The van der Waals surface area contributed by atoms with Crippen molar-refractivity contribution in [2.75, 3.05) is 30.8 Å². The monoisotopic (exact) mass is 187 g/mol. The minimum atomic E-state index is 0.147. The van der Waals surface area contributed by atoms with Crippen molar-refractivity contribution in [2.45, 2.75) is 6.92 Å². The van der Waals surface area contributed by atoms with Gasteiger partial charge in [-0.3, -0.25) is 0 Å². The minimum absolute atomic E-state index is 0.147. The highest BCUT2D eigenvalue weighted by Crippen LogP contribution is 2.27. The van der Waals surface area contributed by atoms with E-state index in [1.165, 1.54) is 11.5 Å². The summed E-state index contributed by atoms with van der Waals surface area (Å²) in [5.74, 6) is 0.583. The van der Waals surface area contributed by atoms with Crippen molar-refractivity contribution < 1.29 is 5.11 Å². The topological polar surface area (TPSA) is 62.4 Å². The zero-order valence-electron chi connectivity index (χ0n) is 7.24. The molecule has 0 saturated carbocycles. The normalized spacial score (nSPS) is 10.2. The third-order valence-corrected chi connectivity index (χ3v) is 2.80. The molecule has 0 spiro atoms. The smallest absolute Gasteiger partial charge is 0.142 e. The molecule has 1 rings (SSSR count). The van der Waals surface area contributed by atoms with Gasteiger partial charge in [0.1, 0.15) is 10.8 Å². The van der Waals surface area contributed by atoms with Crippen LogP contribution in [0.5, 0.6) is 0 Å². The summed E-state index contributed by atoms with van der Waals surface area (Å²) in [5, 5.41) is 9.74. The fraction of sp³-hybridized carbons (Fsp3) is 0.571. The van der Waals surface area contributed by atoms with Crippen molar-refractivity contribution in [2.24, 2.45) is 0 Å². The van der Waals surface area contributed by atoms with Gasteiger partial charge in [-0.05, 0) is 18.5 Å². The van der Waals surface area contributed by atoms with Gasteiger partial charge in [0.25, 0.3) is 0 Å². The van der Waals surface area contributed by atoms with Crippen LogP contribution < -0.4 is 10.6 Å². The fourth-order valence-corrected chi connectivity index (χ4v) is 1.74. The van der Waals surface area contributed by atoms with Crippen molar-refractivity contribution >= 4 is 22.4 Å². The van der Waals surface area contributed by atoms with Gasteiger partial charge in [-0.1, -0.05) is 0 Å². The summed E-state index contributed by atoms with van der Waals surface area (Å²) in [6.07, 6.45) is 0. The van der Waals surface area contributed by atoms with Crippen LogP contribution in [0.3, 0.4) is 0 Å². The number of nitrogen functional groups attached to an aromatic ring is 1. The van der Waals surface area contributed by atoms with Gasteiger partial charge < -0.3 is 15.7 Å². The number of nitrogens with two attached hydrogens (primary N) is 1. The first-order valence-corrected chi connectivity index (χ1v) is 4.48. The Morgan fingerprint density at radius 1 is 1.67 bits per heavy atom. The van der Waals surface area contributed by atoms with E-state index in [0.29, 0.717) is 12.4 Å². The molecule has 12 heavy (non-hydrogen) atoms. The van der Waals surface area contributed by atoms with Gasteiger partial charge in [0.15, 0.2) is 0 Å². The standard InChI is InChI=1S/C7H13N3OS/c1-5-6(8)9-12-7(5)10(2)3-4-11/h11H,3-4H2,1-2H3,(H2,8,9). The third-order valence-electron chi connectivity index (χ3n) is 1.72. The predicted octanol–water partition coefficient (Wildman–Crippen LogP) is 0.462. The van der Waals surface area contributed by atoms with E-state index in [9.17, 15) is 0 Å². The summed E-state index contributed by atoms with van der Waals surface area (Å²) in [7, 11) is 1.91. The van der Waals surface area contributed by atoms with Gasteiger partial charge in [0.05, 0.1) is 6.61 Å². The average molecular weight is 187 g/mol. The first-order valence-electron chi connectivity index (χ1n) is 3.70. The van der Waals surface area contributed by atoms with E-state index in [0.717, 1.165) is 10.6 Å². The molecule has 0 aliphatic rings.